The standard InChI is InChI=1S/C8H4F6O/c9-7(10,11)3-1-5-6(15-5)2-4(3)8(12,13)14/h1-2,5-6H. The van der Waals surface area contributed by atoms with E-state index in [1.807, 2.05) is 0 Å². The highest BCUT2D eigenvalue weighted by Crippen LogP contribution is 2.46. The first-order valence-corrected chi connectivity index (χ1v) is 3.93. The maximum absolute atomic E-state index is 12.2. The first kappa shape index (κ1) is 10.5. The molecule has 1 aliphatic heterocycles. The molecule has 1 saturated heterocycles. The van der Waals surface area contributed by atoms with Crippen molar-refractivity contribution in [1.29, 1.82) is 0 Å². The molecule has 0 saturated carbocycles. The van der Waals surface area contributed by atoms with E-state index in [0.717, 1.165) is 0 Å². The number of alkyl halides is 6. The second kappa shape index (κ2) is 2.78. The Hall–Kier alpha value is -0.980. The number of halogens is 6. The van der Waals surface area contributed by atoms with Crippen molar-refractivity contribution < 1.29 is 31.1 Å². The molecule has 2 unspecified atom stereocenters. The molecule has 1 nitrogen and oxygen atoms in total. The fourth-order valence-corrected chi connectivity index (χ4v) is 1.41. The third-order valence-electron chi connectivity index (χ3n) is 2.12. The SMILES string of the molecule is FC(F)(F)C1=CC2OC2C=C1C(F)(F)F. The molecule has 0 amide bonds. The molecule has 0 N–H and O–H groups in total. The van der Waals surface area contributed by atoms with Gasteiger partial charge < -0.3 is 4.74 Å². The van der Waals surface area contributed by atoms with Gasteiger partial charge in [-0.3, -0.25) is 0 Å². The molecule has 2 atom stereocenters. The van der Waals surface area contributed by atoms with Crippen LogP contribution in [0.15, 0.2) is 23.3 Å². The average molecular weight is 230 g/mol. The Bertz CT molecular complexity index is 313. The van der Waals surface area contributed by atoms with Gasteiger partial charge in [0.25, 0.3) is 0 Å². The second-order valence-electron chi connectivity index (χ2n) is 3.22. The van der Waals surface area contributed by atoms with E-state index in [9.17, 15) is 26.3 Å². The van der Waals surface area contributed by atoms with Gasteiger partial charge in [-0.15, -0.1) is 0 Å². The minimum atomic E-state index is -5.00. The van der Waals surface area contributed by atoms with Crippen LogP contribution in [-0.2, 0) is 4.74 Å². The van der Waals surface area contributed by atoms with Crippen LogP contribution in [0.1, 0.15) is 0 Å². The van der Waals surface area contributed by atoms with Gasteiger partial charge in [-0.2, -0.15) is 26.3 Å². The zero-order valence-electron chi connectivity index (χ0n) is 6.99. The molecule has 0 aromatic heterocycles. The van der Waals surface area contributed by atoms with Gasteiger partial charge >= 0.3 is 12.4 Å². The summed E-state index contributed by atoms with van der Waals surface area (Å²) in [5.41, 5.74) is -3.32. The Labute approximate surface area is 80.0 Å². The van der Waals surface area contributed by atoms with Crippen molar-refractivity contribution >= 4 is 0 Å². The molecule has 7 heteroatoms. The van der Waals surface area contributed by atoms with Gasteiger partial charge in [-0.05, 0) is 12.2 Å². The van der Waals surface area contributed by atoms with E-state index in [1.54, 1.807) is 0 Å². The first-order chi connectivity index (χ1) is 6.69. The fraction of sp³-hybridized carbons (Fsp3) is 0.500. The van der Waals surface area contributed by atoms with Crippen molar-refractivity contribution in [1.82, 2.24) is 0 Å². The van der Waals surface area contributed by atoms with E-state index in [-0.39, 0.29) is 0 Å². The Balaban J connectivity index is 2.39. The molecule has 84 valence electrons. The maximum Gasteiger partial charge on any atom is 0.416 e. The van der Waals surface area contributed by atoms with Crippen LogP contribution < -0.4 is 0 Å². The summed E-state index contributed by atoms with van der Waals surface area (Å²) in [6.07, 6.45) is -10.8. The van der Waals surface area contributed by atoms with Crippen LogP contribution in [0, 0.1) is 0 Å². The number of ether oxygens (including phenoxy) is 1. The molecule has 0 aromatic rings. The number of epoxide rings is 1. The lowest BCUT2D eigenvalue weighted by atomic mass is 9.97. The minimum Gasteiger partial charge on any atom is -0.361 e. The van der Waals surface area contributed by atoms with Crippen molar-refractivity contribution in [3.8, 4) is 0 Å². The molecule has 0 radical (unpaired) electrons. The lowest BCUT2D eigenvalue weighted by Crippen LogP contribution is -2.26. The van der Waals surface area contributed by atoms with Crippen molar-refractivity contribution in [2.75, 3.05) is 0 Å². The van der Waals surface area contributed by atoms with Crippen molar-refractivity contribution in [3.05, 3.63) is 23.3 Å². The highest BCUT2D eigenvalue weighted by atomic mass is 19.4. The molecule has 2 rings (SSSR count). The summed E-state index contributed by atoms with van der Waals surface area (Å²) >= 11 is 0. The molecule has 1 heterocycles. The molecular weight excluding hydrogens is 226 g/mol. The molecule has 0 aromatic carbocycles. The summed E-state index contributed by atoms with van der Waals surface area (Å²) in [6.45, 7) is 0. The topological polar surface area (TPSA) is 12.5 Å². The van der Waals surface area contributed by atoms with E-state index in [4.69, 9.17) is 0 Å². The van der Waals surface area contributed by atoms with Gasteiger partial charge in [0, 0.05) is 0 Å². The van der Waals surface area contributed by atoms with Crippen LogP contribution in [0.25, 0.3) is 0 Å². The summed E-state index contributed by atoms with van der Waals surface area (Å²) in [6, 6.07) is 0. The summed E-state index contributed by atoms with van der Waals surface area (Å²) in [5, 5.41) is 0. The average Bonchev–Trinajstić information content (AvgIpc) is 2.75. The zero-order chi connectivity index (χ0) is 11.4. The largest absolute Gasteiger partial charge is 0.416 e. The van der Waals surface area contributed by atoms with E-state index in [0.29, 0.717) is 12.2 Å². The highest BCUT2D eigenvalue weighted by Gasteiger charge is 2.53. The summed E-state index contributed by atoms with van der Waals surface area (Å²) in [5.74, 6) is 0. The van der Waals surface area contributed by atoms with Crippen LogP contribution in [0.3, 0.4) is 0 Å². The number of allylic oxidation sites excluding steroid dienone is 2. The molecular formula is C8H4F6O. The number of hydrogen-bond acceptors (Lipinski definition) is 1. The smallest absolute Gasteiger partial charge is 0.361 e. The highest BCUT2D eigenvalue weighted by molar-refractivity contribution is 5.45. The molecule has 0 spiro atoms. The second-order valence-corrected chi connectivity index (χ2v) is 3.22. The van der Waals surface area contributed by atoms with Crippen LogP contribution >= 0.6 is 0 Å². The quantitative estimate of drug-likeness (QED) is 0.460. The lowest BCUT2D eigenvalue weighted by molar-refractivity contribution is -0.118. The minimum absolute atomic E-state index is 0.480. The fourth-order valence-electron chi connectivity index (χ4n) is 1.41. The normalized spacial score (nSPS) is 30.5. The Morgan fingerprint density at radius 2 is 1.13 bits per heavy atom. The van der Waals surface area contributed by atoms with Gasteiger partial charge in [0.2, 0.25) is 0 Å². The molecule has 1 fully saturated rings. The van der Waals surface area contributed by atoms with Crippen molar-refractivity contribution in [2.45, 2.75) is 24.6 Å². The first-order valence-electron chi connectivity index (χ1n) is 3.93. The summed E-state index contributed by atoms with van der Waals surface area (Å²) in [7, 11) is 0. The maximum atomic E-state index is 12.2. The third kappa shape index (κ3) is 1.88. The predicted octanol–water partition coefficient (Wildman–Crippen LogP) is 2.74. The van der Waals surface area contributed by atoms with Gasteiger partial charge in [0.15, 0.2) is 0 Å². The Morgan fingerprint density at radius 3 is 1.40 bits per heavy atom. The van der Waals surface area contributed by atoms with Crippen LogP contribution in [0.2, 0.25) is 0 Å². The van der Waals surface area contributed by atoms with E-state index >= 15 is 0 Å². The molecule has 15 heavy (non-hydrogen) atoms. The number of rotatable bonds is 0. The zero-order valence-corrected chi connectivity index (χ0v) is 6.99. The van der Waals surface area contributed by atoms with Gasteiger partial charge in [-0.25, -0.2) is 0 Å². The Morgan fingerprint density at radius 1 is 0.800 bits per heavy atom. The Kier molecular flexibility index (Phi) is 1.95. The monoisotopic (exact) mass is 230 g/mol. The summed E-state index contributed by atoms with van der Waals surface area (Å²) in [4.78, 5) is 0. The van der Waals surface area contributed by atoms with Crippen molar-refractivity contribution in [2.24, 2.45) is 0 Å². The van der Waals surface area contributed by atoms with E-state index in [2.05, 4.69) is 4.74 Å². The van der Waals surface area contributed by atoms with Crippen molar-refractivity contribution in [3.63, 3.8) is 0 Å². The van der Waals surface area contributed by atoms with Gasteiger partial charge in [0.1, 0.15) is 12.2 Å². The lowest BCUT2D eigenvalue weighted by Gasteiger charge is -2.19. The van der Waals surface area contributed by atoms with Gasteiger partial charge in [-0.1, -0.05) is 0 Å². The van der Waals surface area contributed by atoms with Crippen LogP contribution in [0.4, 0.5) is 26.3 Å². The summed E-state index contributed by atoms with van der Waals surface area (Å²) < 4.78 is 78.1. The molecule has 2 aliphatic rings. The van der Waals surface area contributed by atoms with Crippen LogP contribution in [0.5, 0.6) is 0 Å². The predicted molar refractivity (Wildman–Crippen MR) is 36.9 cm³/mol. The third-order valence-corrected chi connectivity index (χ3v) is 2.12. The molecule has 0 bridgehead atoms. The van der Waals surface area contributed by atoms with Crippen LogP contribution in [-0.4, -0.2) is 24.6 Å². The number of hydrogen-bond donors (Lipinski definition) is 0. The number of fused-ring (bicyclic) bond motifs is 1. The van der Waals surface area contributed by atoms with E-state index < -0.39 is 35.7 Å². The molecule has 1 aliphatic carbocycles. The van der Waals surface area contributed by atoms with Gasteiger partial charge in [0.05, 0.1) is 11.1 Å². The van der Waals surface area contributed by atoms with E-state index in [1.165, 1.54) is 0 Å².